The van der Waals surface area contributed by atoms with Crippen molar-refractivity contribution in [2.24, 2.45) is 0 Å². The summed E-state index contributed by atoms with van der Waals surface area (Å²) in [6, 6.07) is 8.96. The Bertz CT molecular complexity index is 402. The second-order valence-corrected chi connectivity index (χ2v) is 4.33. The molecule has 0 radical (unpaired) electrons. The standard InChI is InChI=1S/C13H15BrO3/c1-3-17-12(16)13(2,11(15)9-14)10-7-5-4-6-8-10/h4-8H,3,9H2,1-2H3. The van der Waals surface area contributed by atoms with E-state index in [9.17, 15) is 9.59 Å². The summed E-state index contributed by atoms with van der Waals surface area (Å²) in [5.41, 5.74) is -0.580. The Labute approximate surface area is 109 Å². The van der Waals surface area contributed by atoms with Gasteiger partial charge in [-0.2, -0.15) is 0 Å². The molecule has 3 nitrogen and oxygen atoms in total. The fourth-order valence-electron chi connectivity index (χ4n) is 1.57. The maximum absolute atomic E-state index is 12.0. The van der Waals surface area contributed by atoms with Gasteiger partial charge in [-0.05, 0) is 19.4 Å². The summed E-state index contributed by atoms with van der Waals surface area (Å²) in [4.78, 5) is 24.0. The van der Waals surface area contributed by atoms with Crippen LogP contribution in [0.3, 0.4) is 0 Å². The van der Waals surface area contributed by atoms with Gasteiger partial charge in [-0.25, -0.2) is 0 Å². The number of hydrogen-bond acceptors (Lipinski definition) is 3. The minimum Gasteiger partial charge on any atom is -0.465 e. The van der Waals surface area contributed by atoms with Crippen LogP contribution in [-0.2, 0) is 19.7 Å². The summed E-state index contributed by atoms with van der Waals surface area (Å²) in [5, 5.41) is 0.122. The van der Waals surface area contributed by atoms with Gasteiger partial charge in [0.05, 0.1) is 11.9 Å². The zero-order valence-corrected chi connectivity index (χ0v) is 11.5. The summed E-state index contributed by atoms with van der Waals surface area (Å²) in [6.07, 6.45) is 0. The van der Waals surface area contributed by atoms with Crippen LogP contribution in [0.1, 0.15) is 19.4 Å². The lowest BCUT2D eigenvalue weighted by Crippen LogP contribution is -2.43. The van der Waals surface area contributed by atoms with Crippen LogP contribution in [0.25, 0.3) is 0 Å². The van der Waals surface area contributed by atoms with Crippen molar-refractivity contribution in [1.82, 2.24) is 0 Å². The minimum atomic E-state index is -1.24. The Morgan fingerprint density at radius 2 is 1.88 bits per heavy atom. The van der Waals surface area contributed by atoms with Crippen molar-refractivity contribution in [2.75, 3.05) is 11.9 Å². The van der Waals surface area contributed by atoms with Gasteiger partial charge in [0.15, 0.2) is 5.78 Å². The van der Waals surface area contributed by atoms with Crippen molar-refractivity contribution in [3.63, 3.8) is 0 Å². The molecule has 0 aliphatic rings. The highest BCUT2D eigenvalue weighted by Gasteiger charge is 2.43. The molecule has 1 atom stereocenters. The number of hydrogen-bond donors (Lipinski definition) is 0. The fourth-order valence-corrected chi connectivity index (χ4v) is 2.13. The number of esters is 1. The van der Waals surface area contributed by atoms with Crippen LogP contribution < -0.4 is 0 Å². The smallest absolute Gasteiger partial charge is 0.323 e. The third kappa shape index (κ3) is 2.75. The summed E-state index contributed by atoms with van der Waals surface area (Å²) in [5.74, 6) is -0.710. The Balaban J connectivity index is 3.20. The monoisotopic (exact) mass is 298 g/mol. The van der Waals surface area contributed by atoms with E-state index in [4.69, 9.17) is 4.74 Å². The number of Topliss-reactive ketones (excluding diaryl/α,β-unsaturated/α-hetero) is 1. The number of carbonyl (C=O) groups excluding carboxylic acids is 2. The van der Waals surface area contributed by atoms with Crippen LogP contribution >= 0.6 is 15.9 Å². The number of ketones is 1. The lowest BCUT2D eigenvalue weighted by molar-refractivity contribution is -0.152. The molecule has 17 heavy (non-hydrogen) atoms. The highest BCUT2D eigenvalue weighted by Crippen LogP contribution is 2.27. The number of benzene rings is 1. The van der Waals surface area contributed by atoms with Gasteiger partial charge >= 0.3 is 5.97 Å². The Morgan fingerprint density at radius 3 is 2.35 bits per heavy atom. The van der Waals surface area contributed by atoms with Gasteiger partial charge in [0.2, 0.25) is 0 Å². The minimum absolute atomic E-state index is 0.122. The van der Waals surface area contributed by atoms with Crippen molar-refractivity contribution in [2.45, 2.75) is 19.3 Å². The molecule has 1 unspecified atom stereocenters. The van der Waals surface area contributed by atoms with E-state index in [1.165, 1.54) is 0 Å². The highest BCUT2D eigenvalue weighted by molar-refractivity contribution is 9.09. The fraction of sp³-hybridized carbons (Fsp3) is 0.385. The molecule has 0 N–H and O–H groups in total. The summed E-state index contributed by atoms with van der Waals surface area (Å²) < 4.78 is 5.00. The van der Waals surface area contributed by atoms with E-state index in [1.54, 1.807) is 38.1 Å². The zero-order chi connectivity index (χ0) is 12.9. The Hall–Kier alpha value is -1.16. The van der Waals surface area contributed by atoms with Crippen LogP contribution in [-0.4, -0.2) is 23.7 Å². The first kappa shape index (κ1) is 13.9. The normalized spacial score (nSPS) is 13.8. The lowest BCUT2D eigenvalue weighted by atomic mass is 9.79. The first-order valence-electron chi connectivity index (χ1n) is 5.39. The quantitative estimate of drug-likeness (QED) is 0.476. The molecule has 0 amide bonds. The second kappa shape index (κ2) is 5.96. The molecule has 1 aromatic rings. The summed E-state index contributed by atoms with van der Waals surface area (Å²) in [7, 11) is 0. The number of carbonyl (C=O) groups is 2. The summed E-state index contributed by atoms with van der Waals surface area (Å²) in [6.45, 7) is 3.59. The molecular formula is C13H15BrO3. The molecule has 0 spiro atoms. The number of ether oxygens (including phenoxy) is 1. The van der Waals surface area contributed by atoms with E-state index in [1.807, 2.05) is 6.07 Å². The number of halogens is 1. The van der Waals surface area contributed by atoms with Crippen LogP contribution in [0.4, 0.5) is 0 Å². The SMILES string of the molecule is CCOC(=O)C(C)(C(=O)CBr)c1ccccc1. The predicted octanol–water partition coefficient (Wildman–Crippen LogP) is 2.47. The predicted molar refractivity (Wildman–Crippen MR) is 69.2 cm³/mol. The summed E-state index contributed by atoms with van der Waals surface area (Å²) >= 11 is 3.11. The van der Waals surface area contributed by atoms with E-state index in [2.05, 4.69) is 15.9 Å². The first-order valence-corrected chi connectivity index (χ1v) is 6.51. The maximum Gasteiger partial charge on any atom is 0.323 e. The van der Waals surface area contributed by atoms with E-state index < -0.39 is 11.4 Å². The van der Waals surface area contributed by atoms with Gasteiger partial charge in [0, 0.05) is 0 Å². The van der Waals surface area contributed by atoms with Gasteiger partial charge in [0.25, 0.3) is 0 Å². The molecule has 0 saturated carbocycles. The highest BCUT2D eigenvalue weighted by atomic mass is 79.9. The van der Waals surface area contributed by atoms with Crippen LogP contribution in [0.15, 0.2) is 30.3 Å². The largest absolute Gasteiger partial charge is 0.465 e. The van der Waals surface area contributed by atoms with Gasteiger partial charge < -0.3 is 4.74 Å². The van der Waals surface area contributed by atoms with E-state index >= 15 is 0 Å². The van der Waals surface area contributed by atoms with Crippen molar-refractivity contribution >= 4 is 27.7 Å². The van der Waals surface area contributed by atoms with Crippen LogP contribution in [0.5, 0.6) is 0 Å². The van der Waals surface area contributed by atoms with Crippen LogP contribution in [0, 0.1) is 0 Å². The molecule has 0 aliphatic heterocycles. The van der Waals surface area contributed by atoms with Crippen molar-refractivity contribution < 1.29 is 14.3 Å². The van der Waals surface area contributed by atoms with Crippen LogP contribution in [0.2, 0.25) is 0 Å². The van der Waals surface area contributed by atoms with E-state index in [0.717, 1.165) is 0 Å². The first-order chi connectivity index (χ1) is 8.07. The van der Waals surface area contributed by atoms with E-state index in [-0.39, 0.29) is 17.7 Å². The third-order valence-corrected chi connectivity index (χ3v) is 3.22. The van der Waals surface area contributed by atoms with Gasteiger partial charge in [0.1, 0.15) is 5.41 Å². The molecule has 1 rings (SSSR count). The molecule has 92 valence electrons. The van der Waals surface area contributed by atoms with Crippen molar-refractivity contribution in [3.05, 3.63) is 35.9 Å². The van der Waals surface area contributed by atoms with E-state index in [0.29, 0.717) is 5.56 Å². The zero-order valence-electron chi connectivity index (χ0n) is 9.90. The molecule has 0 aliphatic carbocycles. The average molecular weight is 299 g/mol. The third-order valence-electron chi connectivity index (χ3n) is 2.71. The Morgan fingerprint density at radius 1 is 1.29 bits per heavy atom. The molecule has 0 saturated heterocycles. The van der Waals surface area contributed by atoms with Gasteiger partial charge in [-0.1, -0.05) is 46.3 Å². The second-order valence-electron chi connectivity index (χ2n) is 3.77. The maximum atomic E-state index is 12.0. The molecule has 0 heterocycles. The molecule has 1 aromatic carbocycles. The molecule has 0 bridgehead atoms. The topological polar surface area (TPSA) is 43.4 Å². The Kier molecular flexibility index (Phi) is 4.87. The molecule has 0 aromatic heterocycles. The average Bonchev–Trinajstić information content (AvgIpc) is 2.38. The molecule has 0 fully saturated rings. The number of alkyl halides is 1. The van der Waals surface area contributed by atoms with Crippen molar-refractivity contribution in [1.29, 1.82) is 0 Å². The molecule has 4 heteroatoms. The lowest BCUT2D eigenvalue weighted by Gasteiger charge is -2.25. The van der Waals surface area contributed by atoms with Gasteiger partial charge in [-0.3, -0.25) is 9.59 Å². The molecular weight excluding hydrogens is 284 g/mol. The number of rotatable bonds is 5. The van der Waals surface area contributed by atoms with Crippen molar-refractivity contribution in [3.8, 4) is 0 Å². The van der Waals surface area contributed by atoms with Gasteiger partial charge in [-0.15, -0.1) is 0 Å².